The molecule has 0 aromatic carbocycles. The van der Waals surface area contributed by atoms with Crippen molar-refractivity contribution in [2.45, 2.75) is 24.8 Å². The topological polar surface area (TPSA) is 116 Å². The minimum Gasteiger partial charge on any atom is -0.356 e. The van der Waals surface area contributed by atoms with Gasteiger partial charge in [-0.15, -0.1) is 0 Å². The van der Waals surface area contributed by atoms with Crippen molar-refractivity contribution < 1.29 is 8.42 Å². The van der Waals surface area contributed by atoms with E-state index in [1.807, 2.05) is 13.0 Å². The van der Waals surface area contributed by atoms with E-state index in [2.05, 4.69) is 34.9 Å². The van der Waals surface area contributed by atoms with E-state index in [1.54, 1.807) is 0 Å². The van der Waals surface area contributed by atoms with Crippen LogP contribution in [0, 0.1) is 6.92 Å². The molecule has 0 unspecified atom stereocenters. The highest BCUT2D eigenvalue weighted by atomic mass is 32.2. The zero-order valence-electron chi connectivity index (χ0n) is 13.5. The molecule has 0 bridgehead atoms. The van der Waals surface area contributed by atoms with Crippen molar-refractivity contribution in [1.29, 1.82) is 0 Å². The largest absolute Gasteiger partial charge is 0.356 e. The van der Waals surface area contributed by atoms with E-state index in [4.69, 9.17) is 0 Å². The number of H-pyrrole nitrogens is 1. The SMILES string of the molecule is Cc1cc(N2CCCC2)nc(NCCNS(=O)(=O)c2cnc[nH]2)n1. The zero-order chi connectivity index (χ0) is 17.0. The number of imidazole rings is 1. The van der Waals surface area contributed by atoms with E-state index >= 15 is 0 Å². The number of nitrogens with one attached hydrogen (secondary N) is 3. The second-order valence-electron chi connectivity index (χ2n) is 5.63. The minimum absolute atomic E-state index is 0.0469. The summed E-state index contributed by atoms with van der Waals surface area (Å²) in [6, 6.07) is 1.97. The van der Waals surface area contributed by atoms with Crippen LogP contribution in [0.5, 0.6) is 0 Å². The molecule has 0 radical (unpaired) electrons. The van der Waals surface area contributed by atoms with Crippen molar-refractivity contribution in [3.8, 4) is 0 Å². The Kier molecular flexibility index (Phi) is 4.95. The fraction of sp³-hybridized carbons (Fsp3) is 0.500. The van der Waals surface area contributed by atoms with Gasteiger partial charge in [-0.25, -0.2) is 23.1 Å². The highest BCUT2D eigenvalue weighted by Gasteiger charge is 2.16. The monoisotopic (exact) mass is 351 g/mol. The maximum absolute atomic E-state index is 11.9. The smallest absolute Gasteiger partial charge is 0.257 e. The molecule has 0 aliphatic carbocycles. The highest BCUT2D eigenvalue weighted by Crippen LogP contribution is 2.19. The Morgan fingerprint density at radius 3 is 2.75 bits per heavy atom. The lowest BCUT2D eigenvalue weighted by Gasteiger charge is -2.17. The van der Waals surface area contributed by atoms with Crippen molar-refractivity contribution in [2.75, 3.05) is 36.4 Å². The van der Waals surface area contributed by atoms with E-state index in [9.17, 15) is 8.42 Å². The first-order valence-electron chi connectivity index (χ1n) is 7.87. The summed E-state index contributed by atoms with van der Waals surface area (Å²) in [5.74, 6) is 1.43. The van der Waals surface area contributed by atoms with Crippen LogP contribution in [0.3, 0.4) is 0 Å². The molecule has 1 aliphatic rings. The minimum atomic E-state index is -3.56. The van der Waals surface area contributed by atoms with Crippen LogP contribution in [0.4, 0.5) is 11.8 Å². The van der Waals surface area contributed by atoms with Gasteiger partial charge in [0.1, 0.15) is 5.82 Å². The summed E-state index contributed by atoms with van der Waals surface area (Å²) in [4.78, 5) is 17.4. The number of sulfonamides is 1. The fourth-order valence-electron chi connectivity index (χ4n) is 2.57. The molecule has 0 atom stereocenters. The van der Waals surface area contributed by atoms with Gasteiger partial charge in [0, 0.05) is 37.9 Å². The molecule has 2 aromatic heterocycles. The van der Waals surface area contributed by atoms with E-state index in [0.29, 0.717) is 12.5 Å². The Morgan fingerprint density at radius 1 is 1.25 bits per heavy atom. The van der Waals surface area contributed by atoms with Crippen LogP contribution in [0.25, 0.3) is 0 Å². The van der Waals surface area contributed by atoms with Crippen LogP contribution in [0.1, 0.15) is 18.5 Å². The van der Waals surface area contributed by atoms with Gasteiger partial charge in [0.05, 0.1) is 12.5 Å². The lowest BCUT2D eigenvalue weighted by atomic mass is 10.4. The average molecular weight is 351 g/mol. The Morgan fingerprint density at radius 2 is 2.04 bits per heavy atom. The maximum atomic E-state index is 11.9. The van der Waals surface area contributed by atoms with Crippen LogP contribution in [0.2, 0.25) is 0 Å². The molecule has 24 heavy (non-hydrogen) atoms. The number of hydrogen-bond acceptors (Lipinski definition) is 7. The molecule has 1 saturated heterocycles. The molecule has 2 aromatic rings. The Bertz CT molecular complexity index is 770. The molecule has 1 fully saturated rings. The number of aryl methyl sites for hydroxylation is 1. The lowest BCUT2D eigenvalue weighted by molar-refractivity contribution is 0.579. The zero-order valence-corrected chi connectivity index (χ0v) is 14.3. The molecule has 0 spiro atoms. The second kappa shape index (κ2) is 7.14. The van der Waals surface area contributed by atoms with Crippen molar-refractivity contribution in [3.05, 3.63) is 24.3 Å². The maximum Gasteiger partial charge on any atom is 0.257 e. The van der Waals surface area contributed by atoms with Gasteiger partial charge >= 0.3 is 0 Å². The molecule has 3 heterocycles. The summed E-state index contributed by atoms with van der Waals surface area (Å²) in [5, 5.41) is 3.11. The number of nitrogens with zero attached hydrogens (tertiary/aromatic N) is 4. The van der Waals surface area contributed by atoms with Gasteiger partial charge in [0.2, 0.25) is 5.95 Å². The van der Waals surface area contributed by atoms with Gasteiger partial charge in [-0.3, -0.25) is 0 Å². The van der Waals surface area contributed by atoms with Crippen LogP contribution in [-0.2, 0) is 10.0 Å². The number of anilines is 2. The van der Waals surface area contributed by atoms with Gasteiger partial charge in [0.25, 0.3) is 10.0 Å². The summed E-state index contributed by atoms with van der Waals surface area (Å²) >= 11 is 0. The molecule has 9 nitrogen and oxygen atoms in total. The quantitative estimate of drug-likeness (QED) is 0.622. The summed E-state index contributed by atoms with van der Waals surface area (Å²) < 4.78 is 26.4. The van der Waals surface area contributed by atoms with E-state index < -0.39 is 10.0 Å². The van der Waals surface area contributed by atoms with Crippen molar-refractivity contribution in [1.82, 2.24) is 24.7 Å². The van der Waals surface area contributed by atoms with Gasteiger partial charge in [0.15, 0.2) is 5.03 Å². The second-order valence-corrected chi connectivity index (χ2v) is 7.36. The lowest BCUT2D eigenvalue weighted by Crippen LogP contribution is -2.29. The van der Waals surface area contributed by atoms with Gasteiger partial charge < -0.3 is 15.2 Å². The van der Waals surface area contributed by atoms with Crippen LogP contribution < -0.4 is 14.9 Å². The first-order valence-corrected chi connectivity index (χ1v) is 9.35. The molecule has 0 saturated carbocycles. The molecule has 3 rings (SSSR count). The summed E-state index contributed by atoms with van der Waals surface area (Å²) in [7, 11) is -3.56. The van der Waals surface area contributed by atoms with Crippen molar-refractivity contribution >= 4 is 21.8 Å². The predicted molar refractivity (Wildman–Crippen MR) is 90.5 cm³/mol. The molecular weight excluding hydrogens is 330 g/mol. The van der Waals surface area contributed by atoms with E-state index in [1.165, 1.54) is 25.4 Å². The first-order chi connectivity index (χ1) is 11.5. The first kappa shape index (κ1) is 16.7. The van der Waals surface area contributed by atoms with Crippen molar-refractivity contribution in [3.63, 3.8) is 0 Å². The van der Waals surface area contributed by atoms with Gasteiger partial charge in [-0.2, -0.15) is 4.98 Å². The summed E-state index contributed by atoms with van der Waals surface area (Å²) in [6.45, 7) is 4.56. The number of aromatic amines is 1. The van der Waals surface area contributed by atoms with Crippen LogP contribution in [-0.4, -0.2) is 54.5 Å². The van der Waals surface area contributed by atoms with E-state index in [-0.39, 0.29) is 11.6 Å². The Labute approximate surface area is 141 Å². The van der Waals surface area contributed by atoms with Crippen LogP contribution >= 0.6 is 0 Å². The number of rotatable bonds is 7. The number of hydrogen-bond donors (Lipinski definition) is 3. The normalized spacial score (nSPS) is 15.0. The Hall–Kier alpha value is -2.20. The van der Waals surface area contributed by atoms with Crippen molar-refractivity contribution in [2.24, 2.45) is 0 Å². The summed E-state index contributed by atoms with van der Waals surface area (Å²) in [6.07, 6.45) is 4.96. The van der Waals surface area contributed by atoms with Crippen LogP contribution in [0.15, 0.2) is 23.6 Å². The predicted octanol–water partition coefficient (Wildman–Crippen LogP) is 0.499. The van der Waals surface area contributed by atoms with E-state index in [0.717, 1.165) is 24.6 Å². The third-order valence-electron chi connectivity index (χ3n) is 3.73. The standard InChI is InChI=1S/C14H21N7O2S/c1-11-8-12(21-6-2-3-7-21)20-14(19-11)16-4-5-18-24(22,23)13-9-15-10-17-13/h8-10,18H,2-7H2,1H3,(H,15,17)(H,16,19,20). The molecule has 3 N–H and O–H groups in total. The fourth-order valence-corrected chi connectivity index (χ4v) is 3.50. The Balaban J connectivity index is 1.55. The summed E-state index contributed by atoms with van der Waals surface area (Å²) in [5.41, 5.74) is 0.882. The number of aromatic nitrogens is 4. The molecule has 1 aliphatic heterocycles. The molecule has 130 valence electrons. The molecular formula is C14H21N7O2S. The third kappa shape index (κ3) is 4.01. The van der Waals surface area contributed by atoms with Gasteiger partial charge in [-0.05, 0) is 19.8 Å². The van der Waals surface area contributed by atoms with Gasteiger partial charge in [-0.1, -0.05) is 0 Å². The third-order valence-corrected chi connectivity index (χ3v) is 5.12. The highest BCUT2D eigenvalue weighted by molar-refractivity contribution is 7.89. The molecule has 0 amide bonds. The molecule has 10 heteroatoms. The average Bonchev–Trinajstić information content (AvgIpc) is 3.23.